The molecule has 2 fully saturated rings. The van der Waals surface area contributed by atoms with Gasteiger partial charge in [-0.15, -0.1) is 11.8 Å². The highest BCUT2D eigenvalue weighted by Gasteiger charge is 2.30. The van der Waals surface area contributed by atoms with Gasteiger partial charge in [0.15, 0.2) is 9.84 Å². The van der Waals surface area contributed by atoms with Crippen LogP contribution in [0.15, 0.2) is 24.3 Å². The number of nitrogens with zero attached hydrogens (tertiary/aromatic N) is 1. The largest absolute Gasteiger partial charge is 0.381 e. The molecule has 2 saturated heterocycles. The molecule has 25 heavy (non-hydrogen) atoms. The fourth-order valence-electron chi connectivity index (χ4n) is 3.24. The highest BCUT2D eigenvalue weighted by Crippen LogP contribution is 2.26. The highest BCUT2D eigenvalue weighted by atomic mass is 35.5. The zero-order chi connectivity index (χ0) is 17.9. The summed E-state index contributed by atoms with van der Waals surface area (Å²) in [6, 6.07) is 8.00. The second-order valence-electron chi connectivity index (χ2n) is 6.62. The third-order valence-corrected chi connectivity index (χ3v) is 8.31. The van der Waals surface area contributed by atoms with Gasteiger partial charge in [-0.05, 0) is 31.4 Å². The molecule has 2 aliphatic rings. The van der Waals surface area contributed by atoms with Crippen molar-refractivity contribution < 1.29 is 13.2 Å². The number of piperidine rings is 1. The summed E-state index contributed by atoms with van der Waals surface area (Å²) in [4.78, 5) is 14.2. The summed E-state index contributed by atoms with van der Waals surface area (Å²) in [5, 5.41) is 4.24. The van der Waals surface area contributed by atoms with Crippen LogP contribution in [0.25, 0.3) is 0 Å². The predicted molar refractivity (Wildman–Crippen MR) is 104 cm³/mol. The van der Waals surface area contributed by atoms with Crippen molar-refractivity contribution in [2.45, 2.75) is 30.6 Å². The van der Waals surface area contributed by atoms with E-state index in [1.807, 2.05) is 29.2 Å². The lowest BCUT2D eigenvalue weighted by Gasteiger charge is -2.33. The van der Waals surface area contributed by atoms with Crippen molar-refractivity contribution in [3.63, 3.8) is 0 Å². The molecule has 3 rings (SSSR count). The molecule has 1 N–H and O–H groups in total. The number of hydrogen-bond donors (Lipinski definition) is 1. The summed E-state index contributed by atoms with van der Waals surface area (Å²) in [6.45, 7) is 1.45. The maximum Gasteiger partial charge on any atom is 0.232 e. The second-order valence-corrected chi connectivity index (χ2v) is 10.5. The molecular formula is C17H23ClN2O3S2. The number of para-hydroxylation sites is 1. The lowest BCUT2D eigenvalue weighted by Crippen LogP contribution is -2.43. The minimum Gasteiger partial charge on any atom is -0.381 e. The first-order valence-corrected chi connectivity index (χ1v) is 11.8. The third kappa shape index (κ3) is 5.28. The van der Waals surface area contributed by atoms with Crippen molar-refractivity contribution in [3.05, 3.63) is 29.3 Å². The Hall–Kier alpha value is -0.920. The molecule has 1 aromatic carbocycles. The minimum absolute atomic E-state index is 0.0772. The fraction of sp³-hybridized carbons (Fsp3) is 0.588. The summed E-state index contributed by atoms with van der Waals surface area (Å²) in [5.74, 6) is 0.973. The molecule has 1 atom stereocenters. The maximum atomic E-state index is 12.3. The molecule has 0 saturated carbocycles. The van der Waals surface area contributed by atoms with Crippen molar-refractivity contribution in [1.29, 1.82) is 0 Å². The van der Waals surface area contributed by atoms with Gasteiger partial charge in [0.25, 0.3) is 0 Å². The number of carbonyl (C=O) groups is 1. The SMILES string of the molecule is O=C(CS[C@H]1CCS(=O)(=O)C1)N1CCC(Nc2ccccc2Cl)CC1. The van der Waals surface area contributed by atoms with Gasteiger partial charge in [0, 0.05) is 24.4 Å². The topological polar surface area (TPSA) is 66.5 Å². The second kappa shape index (κ2) is 8.18. The van der Waals surface area contributed by atoms with Crippen molar-refractivity contribution in [1.82, 2.24) is 4.90 Å². The molecule has 0 aliphatic carbocycles. The highest BCUT2D eigenvalue weighted by molar-refractivity contribution is 8.02. The molecule has 8 heteroatoms. The summed E-state index contributed by atoms with van der Waals surface area (Å²) < 4.78 is 22.9. The van der Waals surface area contributed by atoms with Crippen molar-refractivity contribution in [3.8, 4) is 0 Å². The monoisotopic (exact) mass is 402 g/mol. The molecule has 0 spiro atoms. The van der Waals surface area contributed by atoms with Gasteiger partial charge in [-0.1, -0.05) is 23.7 Å². The number of halogens is 1. The van der Waals surface area contributed by atoms with Gasteiger partial charge < -0.3 is 10.2 Å². The Morgan fingerprint density at radius 3 is 2.60 bits per heavy atom. The van der Waals surface area contributed by atoms with Crippen LogP contribution >= 0.6 is 23.4 Å². The molecule has 2 heterocycles. The molecule has 5 nitrogen and oxygen atoms in total. The summed E-state index contributed by atoms with van der Waals surface area (Å²) in [7, 11) is -2.87. The van der Waals surface area contributed by atoms with Crippen LogP contribution in [0.1, 0.15) is 19.3 Å². The van der Waals surface area contributed by atoms with Crippen molar-refractivity contribution in [2.75, 3.05) is 35.7 Å². The number of likely N-dealkylation sites (tertiary alicyclic amines) is 1. The van der Waals surface area contributed by atoms with Crippen LogP contribution in [-0.2, 0) is 14.6 Å². The quantitative estimate of drug-likeness (QED) is 0.820. The molecular weight excluding hydrogens is 380 g/mol. The summed E-state index contributed by atoms with van der Waals surface area (Å²) in [5.41, 5.74) is 0.937. The van der Waals surface area contributed by atoms with Crippen LogP contribution in [0.3, 0.4) is 0 Å². The molecule has 0 bridgehead atoms. The van der Waals surface area contributed by atoms with Gasteiger partial charge in [0.1, 0.15) is 0 Å². The summed E-state index contributed by atoms with van der Waals surface area (Å²) in [6.07, 6.45) is 2.45. The number of benzene rings is 1. The first kappa shape index (κ1) is 18.9. The standard InChI is InChI=1S/C17H23ClN2O3S2/c18-15-3-1-2-4-16(15)19-13-5-8-20(9-6-13)17(21)11-24-14-7-10-25(22,23)12-14/h1-4,13-14,19H,5-12H2/t14-/m0/s1. The van der Waals surface area contributed by atoms with E-state index < -0.39 is 9.84 Å². The Bertz CT molecular complexity index is 718. The number of thioether (sulfide) groups is 1. The molecule has 0 radical (unpaired) electrons. The van der Waals surface area contributed by atoms with Gasteiger partial charge in [0.05, 0.1) is 28.0 Å². The number of carbonyl (C=O) groups excluding carboxylic acids is 1. The fourth-order valence-corrected chi connectivity index (χ4v) is 6.98. The Morgan fingerprint density at radius 2 is 1.96 bits per heavy atom. The number of sulfone groups is 1. The number of rotatable bonds is 5. The van der Waals surface area contributed by atoms with Gasteiger partial charge in [0.2, 0.25) is 5.91 Å². The maximum absolute atomic E-state index is 12.3. The van der Waals surface area contributed by atoms with Gasteiger partial charge in [-0.3, -0.25) is 4.79 Å². The van der Waals surface area contributed by atoms with Gasteiger partial charge in [-0.2, -0.15) is 0 Å². The Morgan fingerprint density at radius 1 is 1.24 bits per heavy atom. The molecule has 2 aliphatic heterocycles. The van der Waals surface area contributed by atoms with Crippen LogP contribution in [0.5, 0.6) is 0 Å². The van der Waals surface area contributed by atoms with Gasteiger partial charge >= 0.3 is 0 Å². The van der Waals surface area contributed by atoms with E-state index in [1.54, 1.807) is 0 Å². The first-order chi connectivity index (χ1) is 11.9. The average molecular weight is 403 g/mol. The Labute approximate surface area is 158 Å². The van der Waals surface area contributed by atoms with E-state index in [9.17, 15) is 13.2 Å². The summed E-state index contributed by atoms with van der Waals surface area (Å²) >= 11 is 7.66. The third-order valence-electron chi connectivity index (χ3n) is 4.71. The Balaban J connectivity index is 1.41. The zero-order valence-corrected chi connectivity index (χ0v) is 16.4. The van der Waals surface area contributed by atoms with Crippen LogP contribution in [0, 0.1) is 0 Å². The Kier molecular flexibility index (Phi) is 6.17. The predicted octanol–water partition coefficient (Wildman–Crippen LogP) is 2.66. The van der Waals surface area contributed by atoms with Crippen LogP contribution in [-0.4, -0.2) is 60.9 Å². The smallest absolute Gasteiger partial charge is 0.232 e. The van der Waals surface area contributed by atoms with Crippen molar-refractivity contribution >= 4 is 44.8 Å². The lowest BCUT2D eigenvalue weighted by molar-refractivity contribution is -0.129. The van der Waals surface area contributed by atoms with E-state index in [0.29, 0.717) is 23.2 Å². The molecule has 0 aromatic heterocycles. The van der Waals surface area contributed by atoms with E-state index in [-0.39, 0.29) is 22.7 Å². The van der Waals surface area contributed by atoms with Gasteiger partial charge in [-0.25, -0.2) is 8.42 Å². The van der Waals surface area contributed by atoms with Crippen molar-refractivity contribution in [2.24, 2.45) is 0 Å². The van der Waals surface area contributed by atoms with E-state index in [1.165, 1.54) is 11.8 Å². The zero-order valence-electron chi connectivity index (χ0n) is 14.0. The molecule has 1 aromatic rings. The first-order valence-electron chi connectivity index (χ1n) is 8.54. The number of amides is 1. The molecule has 0 unspecified atom stereocenters. The molecule has 1 amide bonds. The van der Waals surface area contributed by atoms with E-state index in [4.69, 9.17) is 11.6 Å². The minimum atomic E-state index is -2.87. The van der Waals surface area contributed by atoms with Crippen LogP contribution in [0.2, 0.25) is 5.02 Å². The number of anilines is 1. The lowest BCUT2D eigenvalue weighted by atomic mass is 10.0. The molecule has 138 valence electrons. The average Bonchev–Trinajstić information content (AvgIpc) is 2.94. The number of hydrogen-bond acceptors (Lipinski definition) is 5. The van der Waals surface area contributed by atoms with Crippen LogP contribution < -0.4 is 5.32 Å². The normalized spacial score (nSPS) is 23.6. The van der Waals surface area contributed by atoms with Crippen LogP contribution in [0.4, 0.5) is 5.69 Å². The van der Waals surface area contributed by atoms with E-state index in [0.717, 1.165) is 31.6 Å². The van der Waals surface area contributed by atoms with E-state index in [2.05, 4.69) is 5.32 Å². The van der Waals surface area contributed by atoms with E-state index >= 15 is 0 Å². The number of nitrogens with one attached hydrogen (secondary N) is 1.